The Kier molecular flexibility index (Phi) is 4.15. The molecule has 0 aliphatic heterocycles. The molecule has 24 heavy (non-hydrogen) atoms. The molecule has 8 atom stereocenters. The molecule has 0 bridgehead atoms. The minimum absolute atomic E-state index is 0.268. The molecule has 4 saturated carbocycles. The lowest BCUT2D eigenvalue weighted by Gasteiger charge is -2.62. The first-order valence-corrected chi connectivity index (χ1v) is 10.6. The molecule has 0 aromatic rings. The lowest BCUT2D eigenvalue weighted by atomic mass is 9.44. The summed E-state index contributed by atoms with van der Waals surface area (Å²) in [6, 6.07) is 0.268. The minimum atomic E-state index is 0.268. The van der Waals surface area contributed by atoms with Crippen LogP contribution in [0.2, 0.25) is 0 Å². The molecule has 0 aromatic heterocycles. The zero-order valence-corrected chi connectivity index (χ0v) is 15.9. The van der Waals surface area contributed by atoms with Crippen molar-refractivity contribution in [3.8, 4) is 0 Å². The molecule has 0 saturated heterocycles. The summed E-state index contributed by atoms with van der Waals surface area (Å²) in [5, 5.41) is 4.36. The van der Waals surface area contributed by atoms with Gasteiger partial charge in [0.2, 0.25) is 0 Å². The van der Waals surface area contributed by atoms with Crippen LogP contribution in [0.3, 0.4) is 0 Å². The van der Waals surface area contributed by atoms with Crippen molar-refractivity contribution in [3.05, 3.63) is 10.4 Å². The van der Waals surface area contributed by atoms with Crippen LogP contribution in [0.1, 0.15) is 85.0 Å². The van der Waals surface area contributed by atoms with Gasteiger partial charge in [-0.25, -0.2) is 0 Å². The van der Waals surface area contributed by atoms with Crippen LogP contribution in [0.25, 0.3) is 10.4 Å². The Balaban J connectivity index is 1.70. The molecule has 4 aliphatic carbocycles. The molecule has 4 fully saturated rings. The average molecular weight is 330 g/mol. The van der Waals surface area contributed by atoms with E-state index in [0.717, 1.165) is 23.7 Å². The maximum absolute atomic E-state index is 9.17. The second kappa shape index (κ2) is 5.94. The maximum atomic E-state index is 9.17. The molecule has 3 heteroatoms. The third-order valence-electron chi connectivity index (χ3n) is 9.48. The molecule has 2 unspecified atom stereocenters. The second-order valence-corrected chi connectivity index (χ2v) is 9.97. The van der Waals surface area contributed by atoms with Gasteiger partial charge in [0.15, 0.2) is 0 Å². The SMILES string of the molecule is CC[C@H]1CC[C@H]2[C@@H]3CC(N=[N+]=[N-])C4CCCC[C@]4(C)[C@H]3CC[C@]12C. The summed E-state index contributed by atoms with van der Waals surface area (Å²) in [5.74, 6) is 4.17. The monoisotopic (exact) mass is 329 g/mol. The first-order chi connectivity index (χ1) is 11.5. The molecular weight excluding hydrogens is 294 g/mol. The van der Waals surface area contributed by atoms with Crippen LogP contribution in [0.5, 0.6) is 0 Å². The Bertz CT molecular complexity index is 539. The highest BCUT2D eigenvalue weighted by atomic mass is 15.2. The third-order valence-corrected chi connectivity index (χ3v) is 9.48. The molecular formula is C21H35N3. The fourth-order valence-corrected chi connectivity index (χ4v) is 8.33. The number of hydrogen-bond donors (Lipinski definition) is 0. The van der Waals surface area contributed by atoms with Gasteiger partial charge < -0.3 is 0 Å². The van der Waals surface area contributed by atoms with E-state index in [0.29, 0.717) is 16.7 Å². The summed E-state index contributed by atoms with van der Waals surface area (Å²) in [4.78, 5) is 3.28. The van der Waals surface area contributed by atoms with E-state index in [4.69, 9.17) is 5.53 Å². The Hall–Kier alpha value is -0.690. The topological polar surface area (TPSA) is 48.8 Å². The van der Waals surface area contributed by atoms with Crippen molar-refractivity contribution in [3.63, 3.8) is 0 Å². The second-order valence-electron chi connectivity index (χ2n) is 9.97. The van der Waals surface area contributed by atoms with Crippen LogP contribution >= 0.6 is 0 Å². The summed E-state index contributed by atoms with van der Waals surface area (Å²) in [6.45, 7) is 7.57. The van der Waals surface area contributed by atoms with E-state index >= 15 is 0 Å². The summed E-state index contributed by atoms with van der Waals surface area (Å²) < 4.78 is 0. The minimum Gasteiger partial charge on any atom is -0.0903 e. The Morgan fingerprint density at radius 1 is 0.958 bits per heavy atom. The lowest BCUT2D eigenvalue weighted by Crippen LogP contribution is -2.56. The first-order valence-electron chi connectivity index (χ1n) is 10.6. The van der Waals surface area contributed by atoms with E-state index in [1.54, 1.807) is 0 Å². The van der Waals surface area contributed by atoms with Crippen LogP contribution < -0.4 is 0 Å². The van der Waals surface area contributed by atoms with Crippen molar-refractivity contribution in [2.75, 3.05) is 0 Å². The third kappa shape index (κ3) is 2.19. The van der Waals surface area contributed by atoms with Crippen LogP contribution in [0.4, 0.5) is 0 Å². The molecule has 0 aromatic carbocycles. The van der Waals surface area contributed by atoms with E-state index in [-0.39, 0.29) is 6.04 Å². The molecule has 4 rings (SSSR count). The van der Waals surface area contributed by atoms with Gasteiger partial charge in [-0.1, -0.05) is 45.1 Å². The van der Waals surface area contributed by atoms with Crippen molar-refractivity contribution < 1.29 is 0 Å². The molecule has 134 valence electrons. The molecule has 0 spiro atoms. The number of hydrogen-bond acceptors (Lipinski definition) is 1. The predicted molar refractivity (Wildman–Crippen MR) is 98.4 cm³/mol. The Labute approximate surface area is 147 Å². The van der Waals surface area contributed by atoms with Gasteiger partial charge >= 0.3 is 0 Å². The van der Waals surface area contributed by atoms with Gasteiger partial charge in [-0.15, -0.1) is 0 Å². The van der Waals surface area contributed by atoms with Crippen molar-refractivity contribution in [2.45, 2.75) is 91.0 Å². The lowest BCUT2D eigenvalue weighted by molar-refractivity contribution is -0.118. The van der Waals surface area contributed by atoms with Gasteiger partial charge in [-0.05, 0) is 90.9 Å². The predicted octanol–water partition coefficient (Wildman–Crippen LogP) is 6.73. The normalized spacial score (nSPS) is 53.5. The fourth-order valence-electron chi connectivity index (χ4n) is 8.33. The van der Waals surface area contributed by atoms with Crippen molar-refractivity contribution >= 4 is 0 Å². The number of rotatable bonds is 2. The standard InChI is InChI=1S/C21H35N3/c1-4-14-8-9-16-15-13-19(23-24-22)18-7-5-6-11-21(18,3)17(15)10-12-20(14,16)2/h14-19H,4-13H2,1-3H3/t14-,15-,16-,17-,18?,19?,20+,21+/m0/s1. The van der Waals surface area contributed by atoms with Crippen molar-refractivity contribution in [2.24, 2.45) is 45.5 Å². The Morgan fingerprint density at radius 3 is 2.50 bits per heavy atom. The average Bonchev–Trinajstić information content (AvgIpc) is 2.91. The largest absolute Gasteiger partial charge is 0.0903 e. The highest BCUT2D eigenvalue weighted by Crippen LogP contribution is 2.68. The van der Waals surface area contributed by atoms with Gasteiger partial charge in [0, 0.05) is 11.0 Å². The van der Waals surface area contributed by atoms with E-state index in [1.807, 2.05) is 0 Å². The van der Waals surface area contributed by atoms with Crippen molar-refractivity contribution in [1.82, 2.24) is 0 Å². The van der Waals surface area contributed by atoms with Gasteiger partial charge in [0.05, 0.1) is 0 Å². The van der Waals surface area contributed by atoms with E-state index in [1.165, 1.54) is 64.2 Å². The molecule has 0 heterocycles. The number of fused-ring (bicyclic) bond motifs is 5. The number of nitrogens with zero attached hydrogens (tertiary/aromatic N) is 3. The summed E-state index contributed by atoms with van der Waals surface area (Å²) >= 11 is 0. The highest BCUT2D eigenvalue weighted by molar-refractivity contribution is 5.11. The molecule has 3 nitrogen and oxygen atoms in total. The van der Waals surface area contributed by atoms with Crippen LogP contribution in [-0.4, -0.2) is 6.04 Å². The smallest absolute Gasteiger partial charge is 0.0410 e. The zero-order valence-electron chi connectivity index (χ0n) is 15.9. The molecule has 0 amide bonds. The van der Waals surface area contributed by atoms with Crippen LogP contribution in [0.15, 0.2) is 5.11 Å². The maximum Gasteiger partial charge on any atom is 0.0410 e. The van der Waals surface area contributed by atoms with E-state index < -0.39 is 0 Å². The number of azide groups is 1. The van der Waals surface area contributed by atoms with Gasteiger partial charge in [0.25, 0.3) is 0 Å². The van der Waals surface area contributed by atoms with Crippen molar-refractivity contribution in [1.29, 1.82) is 0 Å². The quantitative estimate of drug-likeness (QED) is 0.306. The fraction of sp³-hybridized carbons (Fsp3) is 1.00. The van der Waals surface area contributed by atoms with E-state index in [2.05, 4.69) is 30.8 Å². The molecule has 4 aliphatic rings. The summed E-state index contributed by atoms with van der Waals surface area (Å²) in [7, 11) is 0. The summed E-state index contributed by atoms with van der Waals surface area (Å²) in [5.41, 5.74) is 10.2. The van der Waals surface area contributed by atoms with Crippen LogP contribution in [0, 0.1) is 40.4 Å². The molecule has 0 radical (unpaired) electrons. The Morgan fingerprint density at radius 2 is 1.75 bits per heavy atom. The summed E-state index contributed by atoms with van der Waals surface area (Å²) in [6.07, 6.45) is 13.7. The van der Waals surface area contributed by atoms with E-state index in [9.17, 15) is 0 Å². The molecule has 0 N–H and O–H groups in total. The van der Waals surface area contributed by atoms with Gasteiger partial charge in [-0.2, -0.15) is 0 Å². The first kappa shape index (κ1) is 16.8. The van der Waals surface area contributed by atoms with Gasteiger partial charge in [-0.3, -0.25) is 0 Å². The van der Waals surface area contributed by atoms with Crippen LogP contribution in [-0.2, 0) is 0 Å². The zero-order chi connectivity index (χ0) is 16.9. The highest BCUT2D eigenvalue weighted by Gasteiger charge is 2.61. The van der Waals surface area contributed by atoms with Gasteiger partial charge in [0.1, 0.15) is 0 Å².